The minimum absolute atomic E-state index is 0.363. The Morgan fingerprint density at radius 2 is 1.95 bits per heavy atom. The summed E-state index contributed by atoms with van der Waals surface area (Å²) in [5, 5.41) is 4.20. The van der Waals surface area contributed by atoms with Crippen LogP contribution in [-0.2, 0) is 12.8 Å². The summed E-state index contributed by atoms with van der Waals surface area (Å²) < 4.78 is 5.25. The van der Waals surface area contributed by atoms with Gasteiger partial charge in [0.15, 0.2) is 0 Å². The molecule has 5 heteroatoms. The molecule has 106 valence electrons. The molecule has 0 atom stereocenters. The summed E-state index contributed by atoms with van der Waals surface area (Å²) >= 11 is 1.82. The van der Waals surface area contributed by atoms with Crippen LogP contribution in [0.1, 0.15) is 23.3 Å². The lowest BCUT2D eigenvalue weighted by Gasteiger charge is -2.08. The van der Waals surface area contributed by atoms with E-state index >= 15 is 0 Å². The van der Waals surface area contributed by atoms with Crippen molar-refractivity contribution in [2.24, 2.45) is 0 Å². The monoisotopic (exact) mass is 297 g/mol. The summed E-state index contributed by atoms with van der Waals surface area (Å²) in [6.07, 6.45) is 8.42. The zero-order valence-electron chi connectivity index (χ0n) is 11.5. The number of nitrogens with two attached hydrogens (primary N) is 1. The second kappa shape index (κ2) is 5.00. The van der Waals surface area contributed by atoms with Gasteiger partial charge in [0.1, 0.15) is 5.69 Å². The van der Waals surface area contributed by atoms with Crippen LogP contribution in [0, 0.1) is 0 Å². The molecule has 4 rings (SSSR count). The molecule has 1 aliphatic rings. The summed E-state index contributed by atoms with van der Waals surface area (Å²) in [5.74, 6) is 0.363. The van der Waals surface area contributed by atoms with Crippen molar-refractivity contribution in [2.75, 3.05) is 5.73 Å². The first-order valence-corrected chi connectivity index (χ1v) is 7.92. The van der Waals surface area contributed by atoms with E-state index in [2.05, 4.69) is 16.2 Å². The average molecular weight is 297 g/mol. The molecular weight excluding hydrogens is 282 g/mol. The Balaban J connectivity index is 1.85. The number of anilines is 1. The molecule has 0 aromatic carbocycles. The molecule has 0 saturated carbocycles. The third-order valence-electron chi connectivity index (χ3n) is 3.92. The van der Waals surface area contributed by atoms with E-state index in [0.29, 0.717) is 5.88 Å². The molecule has 3 heterocycles. The van der Waals surface area contributed by atoms with E-state index < -0.39 is 0 Å². The molecule has 0 unspecified atom stereocenters. The number of rotatable bonds is 2. The van der Waals surface area contributed by atoms with Gasteiger partial charge in [-0.15, -0.1) is 11.3 Å². The van der Waals surface area contributed by atoms with E-state index in [1.165, 1.54) is 36.1 Å². The van der Waals surface area contributed by atoms with Gasteiger partial charge in [0.25, 0.3) is 0 Å². The zero-order valence-corrected chi connectivity index (χ0v) is 12.3. The highest BCUT2D eigenvalue weighted by Gasteiger charge is 2.21. The van der Waals surface area contributed by atoms with Gasteiger partial charge in [0.2, 0.25) is 5.88 Å². The minimum Gasteiger partial charge on any atom is -0.367 e. The highest BCUT2D eigenvalue weighted by Crippen LogP contribution is 2.41. The largest absolute Gasteiger partial charge is 0.367 e. The Morgan fingerprint density at radius 3 is 2.76 bits per heavy atom. The number of aryl methyl sites for hydroxylation is 2. The molecule has 21 heavy (non-hydrogen) atoms. The second-order valence-corrected chi connectivity index (χ2v) is 6.41. The van der Waals surface area contributed by atoms with E-state index in [1.807, 2.05) is 23.5 Å². The van der Waals surface area contributed by atoms with Crippen molar-refractivity contribution in [3.63, 3.8) is 0 Å². The number of aromatic nitrogens is 2. The van der Waals surface area contributed by atoms with Gasteiger partial charge in [-0.05, 0) is 55.0 Å². The molecule has 0 fully saturated rings. The van der Waals surface area contributed by atoms with Crippen molar-refractivity contribution < 1.29 is 4.52 Å². The van der Waals surface area contributed by atoms with Crippen molar-refractivity contribution in [3.8, 4) is 21.7 Å². The molecule has 1 aliphatic carbocycles. The fourth-order valence-electron chi connectivity index (χ4n) is 2.88. The maximum atomic E-state index is 5.99. The normalized spacial score (nSPS) is 14.1. The highest BCUT2D eigenvalue weighted by molar-refractivity contribution is 7.15. The van der Waals surface area contributed by atoms with Crippen LogP contribution in [-0.4, -0.2) is 10.1 Å². The van der Waals surface area contributed by atoms with E-state index in [0.717, 1.165) is 21.7 Å². The van der Waals surface area contributed by atoms with Gasteiger partial charge < -0.3 is 10.3 Å². The third kappa shape index (κ3) is 2.14. The molecule has 0 aliphatic heterocycles. The molecule has 4 nitrogen and oxygen atoms in total. The average Bonchev–Trinajstić information content (AvgIpc) is 3.11. The summed E-state index contributed by atoms with van der Waals surface area (Å²) in [6.45, 7) is 0. The van der Waals surface area contributed by atoms with E-state index in [-0.39, 0.29) is 0 Å². The molecule has 0 amide bonds. The zero-order chi connectivity index (χ0) is 14.2. The van der Waals surface area contributed by atoms with E-state index in [4.69, 9.17) is 10.3 Å². The fraction of sp³-hybridized carbons (Fsp3) is 0.250. The van der Waals surface area contributed by atoms with Gasteiger partial charge in [0, 0.05) is 17.3 Å². The van der Waals surface area contributed by atoms with Crippen LogP contribution in [0.5, 0.6) is 0 Å². The van der Waals surface area contributed by atoms with Gasteiger partial charge in [-0.1, -0.05) is 5.16 Å². The van der Waals surface area contributed by atoms with Crippen molar-refractivity contribution in [3.05, 3.63) is 41.0 Å². The van der Waals surface area contributed by atoms with Crippen molar-refractivity contribution in [2.45, 2.75) is 25.7 Å². The Kier molecular flexibility index (Phi) is 3.00. The fourth-order valence-corrected chi connectivity index (χ4v) is 4.12. The molecule has 0 spiro atoms. The third-order valence-corrected chi connectivity index (χ3v) is 5.16. The number of fused-ring (bicyclic) bond motifs is 1. The number of hydrogen-bond acceptors (Lipinski definition) is 5. The maximum Gasteiger partial charge on any atom is 0.230 e. The van der Waals surface area contributed by atoms with Crippen LogP contribution >= 0.6 is 11.3 Å². The van der Waals surface area contributed by atoms with Crippen LogP contribution in [0.2, 0.25) is 0 Å². The summed E-state index contributed by atoms with van der Waals surface area (Å²) in [5.41, 5.74) is 10.2. The lowest BCUT2D eigenvalue weighted by atomic mass is 9.98. The molecule has 0 radical (unpaired) electrons. The van der Waals surface area contributed by atoms with Gasteiger partial charge >= 0.3 is 0 Å². The highest BCUT2D eigenvalue weighted by atomic mass is 32.1. The topological polar surface area (TPSA) is 64.9 Å². The van der Waals surface area contributed by atoms with Gasteiger partial charge in [-0.2, -0.15) is 0 Å². The van der Waals surface area contributed by atoms with Crippen LogP contribution in [0.15, 0.2) is 35.1 Å². The lowest BCUT2D eigenvalue weighted by Crippen LogP contribution is -1.96. The predicted molar refractivity (Wildman–Crippen MR) is 84.1 cm³/mol. The van der Waals surface area contributed by atoms with Crippen molar-refractivity contribution >= 4 is 17.2 Å². The smallest absolute Gasteiger partial charge is 0.230 e. The lowest BCUT2D eigenvalue weighted by molar-refractivity contribution is 0.439. The Morgan fingerprint density at radius 1 is 1.14 bits per heavy atom. The second-order valence-electron chi connectivity index (χ2n) is 5.27. The van der Waals surface area contributed by atoms with E-state index in [9.17, 15) is 0 Å². The maximum absolute atomic E-state index is 5.99. The summed E-state index contributed by atoms with van der Waals surface area (Å²) in [4.78, 5) is 6.68. The molecule has 0 saturated heterocycles. The Hall–Kier alpha value is -2.14. The van der Waals surface area contributed by atoms with Crippen molar-refractivity contribution in [1.82, 2.24) is 10.1 Å². The molecular formula is C16H15N3OS. The first-order chi connectivity index (χ1) is 10.3. The standard InChI is InChI=1S/C16H15N3OS/c17-16-14(10-5-7-18-8-6-10)15(19-20-16)13-9-11-3-1-2-4-12(11)21-13/h5-9H,1-4,17H2. The summed E-state index contributed by atoms with van der Waals surface area (Å²) in [7, 11) is 0. The summed E-state index contributed by atoms with van der Waals surface area (Å²) in [6, 6.07) is 6.11. The van der Waals surface area contributed by atoms with Crippen LogP contribution in [0.3, 0.4) is 0 Å². The van der Waals surface area contributed by atoms with Crippen molar-refractivity contribution in [1.29, 1.82) is 0 Å². The molecule has 2 N–H and O–H groups in total. The number of nitrogen functional groups attached to an aromatic ring is 1. The van der Waals surface area contributed by atoms with Crippen LogP contribution < -0.4 is 5.73 Å². The molecule has 3 aromatic heterocycles. The number of hydrogen-bond donors (Lipinski definition) is 1. The van der Waals surface area contributed by atoms with E-state index in [1.54, 1.807) is 12.4 Å². The minimum atomic E-state index is 0.363. The van der Waals surface area contributed by atoms with Gasteiger partial charge in [0.05, 0.1) is 10.4 Å². The predicted octanol–water partition coefficient (Wildman–Crippen LogP) is 3.93. The molecule has 0 bridgehead atoms. The number of pyridine rings is 1. The van der Waals surface area contributed by atoms with Gasteiger partial charge in [-0.3, -0.25) is 4.98 Å². The van der Waals surface area contributed by atoms with Crippen LogP contribution in [0.25, 0.3) is 21.7 Å². The number of thiophene rings is 1. The number of nitrogens with zero attached hydrogens (tertiary/aromatic N) is 2. The SMILES string of the molecule is Nc1onc(-c2cc3c(s2)CCCC3)c1-c1ccncc1. The quantitative estimate of drug-likeness (QED) is 0.778. The Bertz CT molecular complexity index is 753. The first kappa shape index (κ1) is 12.6. The van der Waals surface area contributed by atoms with Crippen LogP contribution in [0.4, 0.5) is 5.88 Å². The van der Waals surface area contributed by atoms with Gasteiger partial charge in [-0.25, -0.2) is 0 Å². The first-order valence-electron chi connectivity index (χ1n) is 7.10. The Labute approximate surface area is 126 Å². The molecule has 3 aromatic rings.